The van der Waals surface area contributed by atoms with Crippen LogP contribution in [0.1, 0.15) is 34.9 Å². The molecule has 4 aromatic rings. The number of nitrogens with zero attached hydrogens (tertiary/aromatic N) is 3. The molecule has 1 saturated heterocycles. The Kier molecular flexibility index (Phi) is 4.78. The van der Waals surface area contributed by atoms with Crippen LogP contribution < -0.4 is 5.56 Å². The second-order valence-electron chi connectivity index (χ2n) is 7.92. The summed E-state index contributed by atoms with van der Waals surface area (Å²) in [5, 5.41) is 15.5. The minimum Gasteiger partial charge on any atom is -0.388 e. The summed E-state index contributed by atoms with van der Waals surface area (Å²) in [6.07, 6.45) is 2.04. The normalized spacial score (nSPS) is 16.1. The SMILES string of the molecule is O=C(c1cnn2c1[nH]c(=O)c1ccccc12)N1CCC(C(O)c2ccc(F)cc2)CC1. The number of aliphatic hydroxyl groups excluding tert-OH is 1. The highest BCUT2D eigenvalue weighted by atomic mass is 19.1. The highest BCUT2D eigenvalue weighted by Crippen LogP contribution is 2.31. The van der Waals surface area contributed by atoms with Gasteiger partial charge in [-0.2, -0.15) is 5.10 Å². The van der Waals surface area contributed by atoms with E-state index in [0.29, 0.717) is 53.6 Å². The maximum absolute atomic E-state index is 13.2. The summed E-state index contributed by atoms with van der Waals surface area (Å²) >= 11 is 0. The molecule has 3 heterocycles. The molecule has 1 unspecified atom stereocenters. The number of likely N-dealkylation sites (tertiary alicyclic amines) is 1. The smallest absolute Gasteiger partial charge is 0.259 e. The fourth-order valence-corrected chi connectivity index (χ4v) is 4.35. The molecule has 1 amide bonds. The van der Waals surface area contributed by atoms with Crippen molar-refractivity contribution in [3.05, 3.63) is 82.0 Å². The average Bonchev–Trinajstić information content (AvgIpc) is 3.23. The third-order valence-corrected chi connectivity index (χ3v) is 6.09. The Bertz CT molecular complexity index is 1320. The standard InChI is InChI=1S/C23H21FN4O3/c24-16-7-5-14(6-8-16)20(29)15-9-11-27(12-10-15)23(31)18-13-25-28-19-4-2-1-3-17(19)22(30)26-21(18)28/h1-8,13,15,20,29H,9-12H2,(H,26,30). The maximum Gasteiger partial charge on any atom is 0.259 e. The van der Waals surface area contributed by atoms with E-state index in [1.807, 2.05) is 6.07 Å². The zero-order chi connectivity index (χ0) is 21.5. The molecule has 1 aliphatic heterocycles. The van der Waals surface area contributed by atoms with Crippen LogP contribution in [0.15, 0.2) is 59.5 Å². The summed E-state index contributed by atoms with van der Waals surface area (Å²) in [5.74, 6) is -0.548. The Morgan fingerprint density at radius 2 is 1.84 bits per heavy atom. The van der Waals surface area contributed by atoms with E-state index >= 15 is 0 Å². The molecule has 1 aliphatic rings. The number of piperidine rings is 1. The van der Waals surface area contributed by atoms with Crippen LogP contribution in [-0.4, -0.2) is 43.6 Å². The number of halogens is 1. The van der Waals surface area contributed by atoms with Crippen molar-refractivity contribution in [3.8, 4) is 0 Å². The number of aliphatic hydroxyl groups is 1. The quantitative estimate of drug-likeness (QED) is 0.533. The van der Waals surface area contributed by atoms with Crippen molar-refractivity contribution in [1.29, 1.82) is 0 Å². The lowest BCUT2D eigenvalue weighted by molar-refractivity contribution is 0.0463. The van der Waals surface area contributed by atoms with E-state index < -0.39 is 6.10 Å². The first-order valence-corrected chi connectivity index (χ1v) is 10.2. The van der Waals surface area contributed by atoms with Crippen molar-refractivity contribution in [2.45, 2.75) is 18.9 Å². The number of hydrogen-bond acceptors (Lipinski definition) is 4. The molecule has 2 aromatic carbocycles. The van der Waals surface area contributed by atoms with E-state index in [2.05, 4.69) is 10.1 Å². The number of para-hydroxylation sites is 1. The number of fused-ring (bicyclic) bond motifs is 3. The number of H-pyrrole nitrogens is 1. The molecule has 7 nitrogen and oxygen atoms in total. The summed E-state index contributed by atoms with van der Waals surface area (Å²) in [4.78, 5) is 30.1. The van der Waals surface area contributed by atoms with Crippen LogP contribution in [0.3, 0.4) is 0 Å². The van der Waals surface area contributed by atoms with Crippen molar-refractivity contribution in [3.63, 3.8) is 0 Å². The molecule has 0 spiro atoms. The molecule has 0 bridgehead atoms. The molecule has 2 aromatic heterocycles. The van der Waals surface area contributed by atoms with Crippen molar-refractivity contribution in [1.82, 2.24) is 19.5 Å². The zero-order valence-corrected chi connectivity index (χ0v) is 16.7. The van der Waals surface area contributed by atoms with Gasteiger partial charge in [0, 0.05) is 13.1 Å². The van der Waals surface area contributed by atoms with Gasteiger partial charge in [0.2, 0.25) is 0 Å². The van der Waals surface area contributed by atoms with Crippen LogP contribution in [0.4, 0.5) is 4.39 Å². The number of rotatable bonds is 3. The van der Waals surface area contributed by atoms with Gasteiger partial charge in [0.15, 0.2) is 0 Å². The van der Waals surface area contributed by atoms with Crippen molar-refractivity contribution in [2.75, 3.05) is 13.1 Å². The highest BCUT2D eigenvalue weighted by Gasteiger charge is 2.30. The average molecular weight is 420 g/mol. The maximum atomic E-state index is 13.2. The second kappa shape index (κ2) is 7.63. The Morgan fingerprint density at radius 3 is 2.58 bits per heavy atom. The van der Waals surface area contributed by atoms with Crippen LogP contribution >= 0.6 is 0 Å². The number of amides is 1. The number of benzene rings is 2. The van der Waals surface area contributed by atoms with Gasteiger partial charge in [-0.05, 0) is 48.6 Å². The lowest BCUT2D eigenvalue weighted by Crippen LogP contribution is -2.39. The predicted molar refractivity (Wildman–Crippen MR) is 113 cm³/mol. The molecule has 31 heavy (non-hydrogen) atoms. The highest BCUT2D eigenvalue weighted by molar-refractivity contribution is 6.00. The van der Waals surface area contributed by atoms with E-state index in [-0.39, 0.29) is 23.2 Å². The predicted octanol–water partition coefficient (Wildman–Crippen LogP) is 2.90. The van der Waals surface area contributed by atoms with Crippen LogP contribution in [0.2, 0.25) is 0 Å². The minimum absolute atomic E-state index is 0.0119. The van der Waals surface area contributed by atoms with Gasteiger partial charge in [0.25, 0.3) is 11.5 Å². The largest absolute Gasteiger partial charge is 0.388 e. The van der Waals surface area contributed by atoms with E-state index in [1.54, 1.807) is 39.7 Å². The monoisotopic (exact) mass is 420 g/mol. The first kappa shape index (κ1) is 19.4. The van der Waals surface area contributed by atoms with E-state index in [9.17, 15) is 19.1 Å². The lowest BCUT2D eigenvalue weighted by Gasteiger charge is -2.34. The fraction of sp³-hybridized carbons (Fsp3) is 0.261. The Labute approximate surface area is 176 Å². The minimum atomic E-state index is -0.697. The zero-order valence-electron chi connectivity index (χ0n) is 16.7. The second-order valence-corrected chi connectivity index (χ2v) is 7.92. The van der Waals surface area contributed by atoms with Gasteiger partial charge in [-0.15, -0.1) is 0 Å². The number of aromatic amines is 1. The molecular weight excluding hydrogens is 399 g/mol. The number of hydrogen-bond donors (Lipinski definition) is 2. The topological polar surface area (TPSA) is 90.7 Å². The Morgan fingerprint density at radius 1 is 1.13 bits per heavy atom. The molecule has 8 heteroatoms. The molecule has 158 valence electrons. The van der Waals surface area contributed by atoms with Gasteiger partial charge in [-0.3, -0.25) is 9.59 Å². The third-order valence-electron chi connectivity index (χ3n) is 6.09. The van der Waals surface area contributed by atoms with Gasteiger partial charge in [-0.1, -0.05) is 24.3 Å². The molecule has 1 fully saturated rings. The molecule has 5 rings (SSSR count). The van der Waals surface area contributed by atoms with E-state index in [1.165, 1.54) is 18.3 Å². The first-order valence-electron chi connectivity index (χ1n) is 10.2. The molecular formula is C23H21FN4O3. The van der Waals surface area contributed by atoms with Crippen molar-refractivity contribution < 1.29 is 14.3 Å². The van der Waals surface area contributed by atoms with Gasteiger partial charge < -0.3 is 15.0 Å². The van der Waals surface area contributed by atoms with Crippen molar-refractivity contribution >= 4 is 22.5 Å². The van der Waals surface area contributed by atoms with Crippen LogP contribution in [0.25, 0.3) is 16.6 Å². The number of nitrogens with one attached hydrogen (secondary N) is 1. The third kappa shape index (κ3) is 3.38. The van der Waals surface area contributed by atoms with Crippen LogP contribution in [-0.2, 0) is 0 Å². The summed E-state index contributed by atoms with van der Waals surface area (Å²) < 4.78 is 14.7. The van der Waals surface area contributed by atoms with Gasteiger partial charge >= 0.3 is 0 Å². The van der Waals surface area contributed by atoms with Gasteiger partial charge in [0.05, 0.1) is 23.2 Å². The van der Waals surface area contributed by atoms with Gasteiger partial charge in [0.1, 0.15) is 17.0 Å². The van der Waals surface area contributed by atoms with E-state index in [0.717, 1.165) is 0 Å². The molecule has 2 N–H and O–H groups in total. The molecule has 0 radical (unpaired) electrons. The van der Waals surface area contributed by atoms with E-state index in [4.69, 9.17) is 0 Å². The Balaban J connectivity index is 1.35. The summed E-state index contributed by atoms with van der Waals surface area (Å²) in [6, 6.07) is 13.0. The van der Waals surface area contributed by atoms with Crippen molar-refractivity contribution in [2.24, 2.45) is 5.92 Å². The molecule has 1 atom stereocenters. The Hall–Kier alpha value is -3.52. The number of carbonyl (C=O) groups excluding carboxylic acids is 1. The molecule has 0 saturated carbocycles. The summed E-state index contributed by atoms with van der Waals surface area (Å²) in [7, 11) is 0. The first-order chi connectivity index (χ1) is 15.0. The summed E-state index contributed by atoms with van der Waals surface area (Å²) in [6.45, 7) is 0.966. The summed E-state index contributed by atoms with van der Waals surface area (Å²) in [5.41, 5.74) is 1.78. The number of carbonyl (C=O) groups is 1. The van der Waals surface area contributed by atoms with Crippen LogP contribution in [0.5, 0.6) is 0 Å². The molecule has 0 aliphatic carbocycles. The number of aromatic nitrogens is 3. The van der Waals surface area contributed by atoms with Crippen LogP contribution in [0, 0.1) is 11.7 Å². The lowest BCUT2D eigenvalue weighted by atomic mass is 9.87. The fourth-order valence-electron chi connectivity index (χ4n) is 4.35. The van der Waals surface area contributed by atoms with Gasteiger partial charge in [-0.25, -0.2) is 8.91 Å².